The summed E-state index contributed by atoms with van der Waals surface area (Å²) in [5.74, 6) is 0.0243. The molecule has 0 spiro atoms. The second-order valence-corrected chi connectivity index (χ2v) is 4.93. The van der Waals surface area contributed by atoms with Crippen molar-refractivity contribution in [2.45, 2.75) is 13.3 Å². The van der Waals surface area contributed by atoms with E-state index in [4.69, 9.17) is 9.47 Å². The van der Waals surface area contributed by atoms with Gasteiger partial charge in [0.15, 0.2) is 0 Å². The Balaban J connectivity index is 2.89. The van der Waals surface area contributed by atoms with Crippen LogP contribution >= 0.6 is 0 Å². The van der Waals surface area contributed by atoms with Gasteiger partial charge in [0.05, 0.1) is 12.2 Å². The molecule has 5 heteroatoms. The van der Waals surface area contributed by atoms with Crippen LogP contribution in [0.5, 0.6) is 0 Å². The zero-order chi connectivity index (χ0) is 15.7. The van der Waals surface area contributed by atoms with Crippen molar-refractivity contribution in [1.29, 1.82) is 0 Å². The fourth-order valence-electron chi connectivity index (χ4n) is 2.14. The van der Waals surface area contributed by atoms with E-state index in [0.717, 1.165) is 17.7 Å². The zero-order valence-corrected chi connectivity index (χ0v) is 13.4. The standard InChI is InChI=1S/C16H26N2O3/c1-13-6-7-15(17-2)14(12-13)16(19)18(9-11-21-4)8-5-10-20-3/h6-7,12,17H,5,8-11H2,1-4H3. The lowest BCUT2D eigenvalue weighted by Crippen LogP contribution is -2.35. The number of hydrogen-bond donors (Lipinski definition) is 1. The second kappa shape index (κ2) is 9.37. The molecule has 118 valence electrons. The fourth-order valence-corrected chi connectivity index (χ4v) is 2.14. The Morgan fingerprint density at radius 3 is 2.52 bits per heavy atom. The number of anilines is 1. The van der Waals surface area contributed by atoms with Crippen LogP contribution in [0.2, 0.25) is 0 Å². The predicted molar refractivity (Wildman–Crippen MR) is 85.0 cm³/mol. The summed E-state index contributed by atoms with van der Waals surface area (Å²) >= 11 is 0. The average molecular weight is 294 g/mol. The number of carbonyl (C=O) groups is 1. The topological polar surface area (TPSA) is 50.8 Å². The number of nitrogens with zero attached hydrogens (tertiary/aromatic N) is 1. The van der Waals surface area contributed by atoms with Crippen molar-refractivity contribution < 1.29 is 14.3 Å². The lowest BCUT2D eigenvalue weighted by Gasteiger charge is -2.23. The fraction of sp³-hybridized carbons (Fsp3) is 0.562. The molecule has 21 heavy (non-hydrogen) atoms. The summed E-state index contributed by atoms with van der Waals surface area (Å²) in [6.07, 6.45) is 0.812. The minimum atomic E-state index is 0.0243. The van der Waals surface area contributed by atoms with Crippen LogP contribution < -0.4 is 5.32 Å². The van der Waals surface area contributed by atoms with Crippen LogP contribution in [0.15, 0.2) is 18.2 Å². The summed E-state index contributed by atoms with van der Waals surface area (Å²) in [7, 11) is 5.14. The van der Waals surface area contributed by atoms with E-state index in [2.05, 4.69) is 5.32 Å². The molecule has 0 aliphatic carbocycles. The zero-order valence-electron chi connectivity index (χ0n) is 13.4. The number of amides is 1. The van der Waals surface area contributed by atoms with Gasteiger partial charge in [0.1, 0.15) is 0 Å². The number of aryl methyl sites for hydroxylation is 1. The molecule has 5 nitrogen and oxygen atoms in total. The van der Waals surface area contributed by atoms with Gasteiger partial charge in [-0.05, 0) is 25.5 Å². The molecule has 0 aliphatic rings. The SMILES string of the molecule is CNc1ccc(C)cc1C(=O)N(CCCOC)CCOC. The Kier molecular flexibility index (Phi) is 7.79. The van der Waals surface area contributed by atoms with Crippen LogP contribution in [-0.4, -0.2) is 58.4 Å². The van der Waals surface area contributed by atoms with Crippen molar-refractivity contribution in [3.8, 4) is 0 Å². The molecule has 0 bridgehead atoms. The first-order chi connectivity index (χ1) is 10.1. The van der Waals surface area contributed by atoms with E-state index in [1.54, 1.807) is 14.2 Å². The van der Waals surface area contributed by atoms with Crippen LogP contribution in [0.1, 0.15) is 22.3 Å². The molecular formula is C16H26N2O3. The van der Waals surface area contributed by atoms with Crippen molar-refractivity contribution in [2.75, 3.05) is 52.9 Å². The summed E-state index contributed by atoms with van der Waals surface area (Å²) in [6, 6.07) is 5.85. The first kappa shape index (κ1) is 17.5. The van der Waals surface area contributed by atoms with Crippen molar-refractivity contribution in [1.82, 2.24) is 4.90 Å². The van der Waals surface area contributed by atoms with Crippen LogP contribution in [-0.2, 0) is 9.47 Å². The molecule has 0 heterocycles. The van der Waals surface area contributed by atoms with Gasteiger partial charge in [0, 0.05) is 46.7 Å². The second-order valence-electron chi connectivity index (χ2n) is 4.93. The van der Waals surface area contributed by atoms with Crippen LogP contribution in [0, 0.1) is 6.92 Å². The average Bonchev–Trinajstić information content (AvgIpc) is 2.50. The molecule has 0 saturated heterocycles. The monoisotopic (exact) mass is 294 g/mol. The molecule has 1 aromatic rings. The van der Waals surface area contributed by atoms with E-state index in [9.17, 15) is 4.79 Å². The highest BCUT2D eigenvalue weighted by molar-refractivity contribution is 5.99. The molecule has 0 radical (unpaired) electrons. The molecule has 0 saturated carbocycles. The number of rotatable bonds is 9. The Labute approximate surface area is 127 Å². The molecule has 1 aromatic carbocycles. The van der Waals surface area contributed by atoms with E-state index in [1.807, 2.05) is 37.1 Å². The van der Waals surface area contributed by atoms with Gasteiger partial charge in [0.2, 0.25) is 0 Å². The third-order valence-corrected chi connectivity index (χ3v) is 3.30. The number of ether oxygens (including phenoxy) is 2. The summed E-state index contributed by atoms with van der Waals surface area (Å²) in [6.45, 7) is 4.40. The van der Waals surface area contributed by atoms with E-state index >= 15 is 0 Å². The highest BCUT2D eigenvalue weighted by Crippen LogP contribution is 2.19. The quantitative estimate of drug-likeness (QED) is 0.709. The third kappa shape index (κ3) is 5.36. The Morgan fingerprint density at radius 2 is 1.90 bits per heavy atom. The number of carbonyl (C=O) groups excluding carboxylic acids is 1. The minimum absolute atomic E-state index is 0.0243. The van der Waals surface area contributed by atoms with Crippen molar-refractivity contribution in [2.24, 2.45) is 0 Å². The van der Waals surface area contributed by atoms with Gasteiger partial charge in [0.25, 0.3) is 5.91 Å². The predicted octanol–water partition coefficient (Wildman–Crippen LogP) is 2.16. The minimum Gasteiger partial charge on any atom is -0.387 e. The van der Waals surface area contributed by atoms with Crippen molar-refractivity contribution in [3.05, 3.63) is 29.3 Å². The van der Waals surface area contributed by atoms with Gasteiger partial charge in [-0.15, -0.1) is 0 Å². The molecule has 0 aromatic heterocycles. The Hall–Kier alpha value is -1.59. The van der Waals surface area contributed by atoms with Crippen LogP contribution in [0.4, 0.5) is 5.69 Å². The molecule has 1 amide bonds. The summed E-state index contributed by atoms with van der Waals surface area (Å²) in [5, 5.41) is 3.08. The summed E-state index contributed by atoms with van der Waals surface area (Å²) in [4.78, 5) is 14.6. The molecule has 1 N–H and O–H groups in total. The van der Waals surface area contributed by atoms with Gasteiger partial charge in [-0.1, -0.05) is 11.6 Å². The first-order valence-corrected chi connectivity index (χ1v) is 7.19. The first-order valence-electron chi connectivity index (χ1n) is 7.19. The maximum absolute atomic E-state index is 12.8. The largest absolute Gasteiger partial charge is 0.387 e. The molecule has 0 aliphatic heterocycles. The smallest absolute Gasteiger partial charge is 0.256 e. The number of methoxy groups -OCH3 is 2. The molecule has 0 fully saturated rings. The van der Waals surface area contributed by atoms with E-state index in [0.29, 0.717) is 31.9 Å². The summed E-state index contributed by atoms with van der Waals surface area (Å²) < 4.78 is 10.2. The van der Waals surface area contributed by atoms with Gasteiger partial charge in [-0.2, -0.15) is 0 Å². The third-order valence-electron chi connectivity index (χ3n) is 3.30. The van der Waals surface area contributed by atoms with Crippen molar-refractivity contribution in [3.63, 3.8) is 0 Å². The van der Waals surface area contributed by atoms with Gasteiger partial charge >= 0.3 is 0 Å². The number of benzene rings is 1. The normalized spacial score (nSPS) is 10.5. The Morgan fingerprint density at radius 1 is 1.19 bits per heavy atom. The lowest BCUT2D eigenvalue weighted by molar-refractivity contribution is 0.0675. The lowest BCUT2D eigenvalue weighted by atomic mass is 10.1. The van der Waals surface area contributed by atoms with Gasteiger partial charge in [-0.25, -0.2) is 0 Å². The number of hydrogen-bond acceptors (Lipinski definition) is 4. The molecule has 1 rings (SSSR count). The number of nitrogens with one attached hydrogen (secondary N) is 1. The van der Waals surface area contributed by atoms with Crippen LogP contribution in [0.25, 0.3) is 0 Å². The highest BCUT2D eigenvalue weighted by atomic mass is 16.5. The Bertz CT molecular complexity index is 449. The summed E-state index contributed by atoms with van der Waals surface area (Å²) in [5.41, 5.74) is 2.62. The highest BCUT2D eigenvalue weighted by Gasteiger charge is 2.18. The molecule has 0 unspecified atom stereocenters. The maximum atomic E-state index is 12.8. The van der Waals surface area contributed by atoms with Gasteiger partial charge in [-0.3, -0.25) is 4.79 Å². The van der Waals surface area contributed by atoms with E-state index in [-0.39, 0.29) is 5.91 Å². The molecule has 0 atom stereocenters. The van der Waals surface area contributed by atoms with Crippen molar-refractivity contribution >= 4 is 11.6 Å². The van der Waals surface area contributed by atoms with Crippen LogP contribution in [0.3, 0.4) is 0 Å². The van der Waals surface area contributed by atoms with E-state index < -0.39 is 0 Å². The molecular weight excluding hydrogens is 268 g/mol. The van der Waals surface area contributed by atoms with Gasteiger partial charge < -0.3 is 19.7 Å². The maximum Gasteiger partial charge on any atom is 0.256 e. The van der Waals surface area contributed by atoms with E-state index in [1.165, 1.54) is 0 Å².